The maximum atomic E-state index is 12.2. The molecule has 0 saturated heterocycles. The molecule has 0 atom stereocenters. The molecule has 0 unspecified atom stereocenters. The van der Waals surface area contributed by atoms with Gasteiger partial charge in [-0.1, -0.05) is 54.1 Å². The van der Waals surface area contributed by atoms with Gasteiger partial charge in [-0.3, -0.25) is 9.48 Å². The van der Waals surface area contributed by atoms with Gasteiger partial charge in [0.25, 0.3) is 0 Å². The number of anilines is 1. The molecule has 0 saturated carbocycles. The number of hydrogen-bond donors (Lipinski definition) is 1. The lowest BCUT2D eigenvalue weighted by molar-refractivity contribution is -0.111. The zero-order valence-electron chi connectivity index (χ0n) is 14.7. The van der Waals surface area contributed by atoms with Crippen molar-refractivity contribution in [2.75, 3.05) is 5.32 Å². The van der Waals surface area contributed by atoms with E-state index in [1.165, 1.54) is 6.08 Å². The second-order valence-corrected chi connectivity index (χ2v) is 6.50. The summed E-state index contributed by atoms with van der Waals surface area (Å²) in [6.07, 6.45) is 3.32. The van der Waals surface area contributed by atoms with Crippen LogP contribution in [-0.2, 0) is 11.3 Å². The van der Waals surface area contributed by atoms with Crippen molar-refractivity contribution in [1.82, 2.24) is 9.78 Å². The summed E-state index contributed by atoms with van der Waals surface area (Å²) in [5.74, 6) is -0.175. The largest absolute Gasteiger partial charge is 0.319 e. The van der Waals surface area contributed by atoms with Crippen LogP contribution < -0.4 is 5.32 Å². The number of nitrogens with one attached hydrogen (secondary N) is 1. The Morgan fingerprint density at radius 1 is 1.12 bits per heavy atom. The Kier molecular flexibility index (Phi) is 5.54. The first-order chi connectivity index (χ1) is 12.5. The van der Waals surface area contributed by atoms with Crippen LogP contribution in [0.15, 0.2) is 60.7 Å². The summed E-state index contributed by atoms with van der Waals surface area (Å²) >= 11 is 5.93. The predicted molar refractivity (Wildman–Crippen MR) is 106 cm³/mol. The first-order valence-corrected chi connectivity index (χ1v) is 8.73. The van der Waals surface area contributed by atoms with Crippen LogP contribution >= 0.6 is 11.6 Å². The number of aromatic nitrogens is 2. The van der Waals surface area contributed by atoms with Gasteiger partial charge in [-0.05, 0) is 43.2 Å². The summed E-state index contributed by atoms with van der Waals surface area (Å²) in [4.78, 5) is 12.2. The molecule has 1 heterocycles. The van der Waals surface area contributed by atoms with Crippen molar-refractivity contribution in [3.63, 3.8) is 0 Å². The van der Waals surface area contributed by atoms with E-state index in [2.05, 4.69) is 10.4 Å². The molecule has 0 bridgehead atoms. The van der Waals surface area contributed by atoms with E-state index in [0.29, 0.717) is 11.6 Å². The number of benzene rings is 2. The Labute approximate surface area is 158 Å². The molecule has 132 valence electrons. The van der Waals surface area contributed by atoms with Gasteiger partial charge in [0, 0.05) is 11.1 Å². The highest BCUT2D eigenvalue weighted by atomic mass is 35.5. The quantitative estimate of drug-likeness (QED) is 0.657. The zero-order valence-corrected chi connectivity index (χ0v) is 15.5. The van der Waals surface area contributed by atoms with Gasteiger partial charge < -0.3 is 5.32 Å². The Hall–Kier alpha value is -2.85. The van der Waals surface area contributed by atoms with Crippen LogP contribution in [-0.4, -0.2) is 15.7 Å². The first-order valence-electron chi connectivity index (χ1n) is 8.35. The van der Waals surface area contributed by atoms with E-state index in [4.69, 9.17) is 11.6 Å². The Balaban J connectivity index is 1.72. The molecule has 1 N–H and O–H groups in total. The first kappa shape index (κ1) is 18.0. The minimum atomic E-state index is -0.175. The number of halogens is 1. The topological polar surface area (TPSA) is 46.9 Å². The highest BCUT2D eigenvalue weighted by Crippen LogP contribution is 2.21. The molecule has 5 heteroatoms. The molecule has 0 spiro atoms. The lowest BCUT2D eigenvalue weighted by Gasteiger charge is -2.06. The molecule has 26 heavy (non-hydrogen) atoms. The average molecular weight is 366 g/mol. The summed E-state index contributed by atoms with van der Waals surface area (Å²) in [7, 11) is 0. The van der Waals surface area contributed by atoms with Crippen LogP contribution in [0, 0.1) is 13.8 Å². The summed E-state index contributed by atoms with van der Waals surface area (Å²) in [6, 6.07) is 17.4. The number of carbonyl (C=O) groups excluding carboxylic acids is 1. The second-order valence-electron chi connectivity index (χ2n) is 6.06. The van der Waals surface area contributed by atoms with Gasteiger partial charge in [-0.2, -0.15) is 5.10 Å². The Morgan fingerprint density at radius 3 is 2.50 bits per heavy atom. The predicted octanol–water partition coefficient (Wildman–Crippen LogP) is 4.85. The highest BCUT2D eigenvalue weighted by molar-refractivity contribution is 6.30. The van der Waals surface area contributed by atoms with E-state index in [1.54, 1.807) is 6.08 Å². The van der Waals surface area contributed by atoms with Gasteiger partial charge in [0.1, 0.15) is 0 Å². The number of rotatable bonds is 5. The summed E-state index contributed by atoms with van der Waals surface area (Å²) in [6.45, 7) is 4.47. The van der Waals surface area contributed by atoms with Gasteiger partial charge in [0.05, 0.1) is 23.6 Å². The minimum absolute atomic E-state index is 0.175. The SMILES string of the molecule is Cc1nn(Cc2ccc(Cl)cc2)c(C)c1NC(=O)/C=C/c1ccccc1. The Bertz CT molecular complexity index is 928. The lowest BCUT2D eigenvalue weighted by atomic mass is 10.2. The number of hydrogen-bond acceptors (Lipinski definition) is 2. The number of carbonyl (C=O) groups is 1. The number of nitrogens with zero attached hydrogens (tertiary/aromatic N) is 2. The summed E-state index contributed by atoms with van der Waals surface area (Å²) in [5.41, 5.74) is 4.54. The van der Waals surface area contributed by atoms with Crippen LogP contribution in [0.2, 0.25) is 5.02 Å². The van der Waals surface area contributed by atoms with Crippen LogP contribution in [0.25, 0.3) is 6.08 Å². The van der Waals surface area contributed by atoms with E-state index in [0.717, 1.165) is 28.2 Å². The Morgan fingerprint density at radius 2 is 1.81 bits per heavy atom. The number of amides is 1. The van der Waals surface area contributed by atoms with Crippen LogP contribution in [0.1, 0.15) is 22.5 Å². The van der Waals surface area contributed by atoms with Gasteiger partial charge in [-0.15, -0.1) is 0 Å². The van der Waals surface area contributed by atoms with Crippen molar-refractivity contribution in [2.24, 2.45) is 0 Å². The molecule has 4 nitrogen and oxygen atoms in total. The maximum Gasteiger partial charge on any atom is 0.248 e. The zero-order chi connectivity index (χ0) is 18.5. The molecule has 0 aliphatic carbocycles. The molecule has 3 aromatic rings. The minimum Gasteiger partial charge on any atom is -0.319 e. The van der Waals surface area contributed by atoms with Crippen molar-refractivity contribution < 1.29 is 4.79 Å². The third kappa shape index (κ3) is 4.41. The van der Waals surface area contributed by atoms with Crippen LogP contribution in [0.5, 0.6) is 0 Å². The van der Waals surface area contributed by atoms with Crippen molar-refractivity contribution in [2.45, 2.75) is 20.4 Å². The molecule has 3 rings (SSSR count). The average Bonchev–Trinajstić information content (AvgIpc) is 2.90. The van der Waals surface area contributed by atoms with Crippen molar-refractivity contribution in [3.8, 4) is 0 Å². The van der Waals surface area contributed by atoms with Crippen molar-refractivity contribution in [3.05, 3.63) is 88.2 Å². The molecule has 0 fully saturated rings. The molecule has 0 radical (unpaired) electrons. The normalized spacial score (nSPS) is 11.0. The smallest absolute Gasteiger partial charge is 0.248 e. The van der Waals surface area contributed by atoms with Crippen molar-refractivity contribution in [1.29, 1.82) is 0 Å². The molecule has 0 aliphatic heterocycles. The van der Waals surface area contributed by atoms with Crippen LogP contribution in [0.4, 0.5) is 5.69 Å². The van der Waals surface area contributed by atoms with Gasteiger partial charge in [0.2, 0.25) is 5.91 Å². The fraction of sp³-hybridized carbons (Fsp3) is 0.143. The second kappa shape index (κ2) is 8.02. The molecule has 1 aromatic heterocycles. The van der Waals surface area contributed by atoms with Gasteiger partial charge in [-0.25, -0.2) is 0 Å². The van der Waals surface area contributed by atoms with E-state index in [-0.39, 0.29) is 5.91 Å². The van der Waals surface area contributed by atoms with Crippen molar-refractivity contribution >= 4 is 29.3 Å². The third-order valence-corrected chi connectivity index (χ3v) is 4.35. The molecular formula is C21H20ClN3O. The molecule has 2 aromatic carbocycles. The fourth-order valence-corrected chi connectivity index (χ4v) is 2.82. The standard InChI is InChI=1S/C21H20ClN3O/c1-15-21(23-20(26)13-10-17-6-4-3-5-7-17)16(2)25(24-15)14-18-8-11-19(22)12-9-18/h3-13H,14H2,1-2H3,(H,23,26)/b13-10+. The van der Waals surface area contributed by atoms with E-state index in [9.17, 15) is 4.79 Å². The summed E-state index contributed by atoms with van der Waals surface area (Å²) in [5, 5.41) is 8.19. The van der Waals surface area contributed by atoms with Gasteiger partial charge in [0.15, 0.2) is 0 Å². The highest BCUT2D eigenvalue weighted by Gasteiger charge is 2.13. The maximum absolute atomic E-state index is 12.2. The lowest BCUT2D eigenvalue weighted by Crippen LogP contribution is -2.10. The van der Waals surface area contributed by atoms with E-state index >= 15 is 0 Å². The molecule has 1 amide bonds. The molecular weight excluding hydrogens is 346 g/mol. The molecule has 0 aliphatic rings. The number of aryl methyl sites for hydroxylation is 1. The third-order valence-electron chi connectivity index (χ3n) is 4.10. The summed E-state index contributed by atoms with van der Waals surface area (Å²) < 4.78 is 1.88. The van der Waals surface area contributed by atoms with Gasteiger partial charge >= 0.3 is 0 Å². The van der Waals surface area contributed by atoms with E-state index in [1.807, 2.05) is 73.1 Å². The fourth-order valence-electron chi connectivity index (χ4n) is 2.70. The van der Waals surface area contributed by atoms with E-state index < -0.39 is 0 Å². The van der Waals surface area contributed by atoms with Crippen LogP contribution in [0.3, 0.4) is 0 Å². The monoisotopic (exact) mass is 365 g/mol.